The number of amides is 1. The lowest BCUT2D eigenvalue weighted by Gasteiger charge is -2.12. The Balaban J connectivity index is 1.76. The monoisotopic (exact) mass is 475 g/mol. The van der Waals surface area contributed by atoms with E-state index in [-0.39, 0.29) is 5.91 Å². The van der Waals surface area contributed by atoms with Gasteiger partial charge in [-0.05, 0) is 41.5 Å². The largest absolute Gasteiger partial charge is 0.493 e. The van der Waals surface area contributed by atoms with Gasteiger partial charge in [0.1, 0.15) is 10.9 Å². The molecule has 0 N–H and O–H groups in total. The third kappa shape index (κ3) is 4.84. The molecular weight excluding hydrogens is 458 g/mol. The molecule has 0 aromatic heterocycles. The molecule has 0 spiro atoms. The lowest BCUT2D eigenvalue weighted by atomic mass is 10.1. The van der Waals surface area contributed by atoms with Crippen LogP contribution in [0.2, 0.25) is 0 Å². The molecule has 0 saturated carbocycles. The molecule has 2 aromatic carbocycles. The molecule has 2 aromatic rings. The van der Waals surface area contributed by atoms with Gasteiger partial charge in [0.05, 0.1) is 12.0 Å². The fraction of sp³-hybridized carbons (Fsp3) is 0.143. The zero-order chi connectivity index (χ0) is 20.1. The van der Waals surface area contributed by atoms with E-state index in [0.717, 1.165) is 15.6 Å². The number of thiocarbonyl (C=S) groups is 1. The predicted molar refractivity (Wildman–Crippen MR) is 122 cm³/mol. The summed E-state index contributed by atoms with van der Waals surface area (Å²) >= 11 is 9.97. The Hall–Kier alpha value is -2.09. The van der Waals surface area contributed by atoms with Crippen molar-refractivity contribution in [3.63, 3.8) is 0 Å². The summed E-state index contributed by atoms with van der Waals surface area (Å²) in [7, 11) is 1.59. The van der Waals surface area contributed by atoms with E-state index in [2.05, 4.69) is 22.5 Å². The zero-order valence-corrected chi connectivity index (χ0v) is 18.4. The number of hydrogen-bond acceptors (Lipinski definition) is 5. The van der Waals surface area contributed by atoms with Crippen molar-refractivity contribution in [1.82, 2.24) is 4.90 Å². The summed E-state index contributed by atoms with van der Waals surface area (Å²) in [4.78, 5) is 14.6. The number of nitrogens with zero attached hydrogens (tertiary/aromatic N) is 1. The number of halogens is 1. The van der Waals surface area contributed by atoms with Gasteiger partial charge in [0, 0.05) is 11.0 Å². The highest BCUT2D eigenvalue weighted by molar-refractivity contribution is 9.10. The Morgan fingerprint density at radius 1 is 1.21 bits per heavy atom. The Morgan fingerprint density at radius 3 is 2.64 bits per heavy atom. The van der Waals surface area contributed by atoms with E-state index in [1.165, 1.54) is 16.7 Å². The van der Waals surface area contributed by atoms with Crippen LogP contribution in [-0.4, -0.2) is 28.8 Å². The van der Waals surface area contributed by atoms with Gasteiger partial charge in [0.25, 0.3) is 5.91 Å². The molecule has 1 aliphatic rings. The Bertz CT molecular complexity index is 941. The molecule has 0 aliphatic carbocycles. The van der Waals surface area contributed by atoms with Gasteiger partial charge in [-0.1, -0.05) is 64.2 Å². The molecule has 1 aliphatic heterocycles. The second kappa shape index (κ2) is 9.41. The van der Waals surface area contributed by atoms with Crippen LogP contribution in [0.5, 0.6) is 11.5 Å². The predicted octanol–water partition coefficient (Wildman–Crippen LogP) is 5.42. The maximum atomic E-state index is 12.5. The zero-order valence-electron chi connectivity index (χ0n) is 15.2. The first-order valence-corrected chi connectivity index (χ1v) is 10.4. The third-order valence-corrected chi connectivity index (χ3v) is 5.88. The summed E-state index contributed by atoms with van der Waals surface area (Å²) in [6.45, 7) is 4.51. The van der Waals surface area contributed by atoms with E-state index in [4.69, 9.17) is 21.7 Å². The van der Waals surface area contributed by atoms with Crippen molar-refractivity contribution >= 4 is 56.2 Å². The summed E-state index contributed by atoms with van der Waals surface area (Å²) in [5, 5.41) is 0. The highest BCUT2D eigenvalue weighted by Gasteiger charge is 2.30. The second-order valence-electron chi connectivity index (χ2n) is 5.91. The van der Waals surface area contributed by atoms with Crippen LogP contribution in [0.3, 0.4) is 0 Å². The van der Waals surface area contributed by atoms with Crippen LogP contribution in [0.1, 0.15) is 11.1 Å². The minimum atomic E-state index is -0.107. The van der Waals surface area contributed by atoms with Gasteiger partial charge in [0.2, 0.25) is 0 Å². The number of carbonyl (C=O) groups is 1. The first-order chi connectivity index (χ1) is 13.5. The minimum Gasteiger partial charge on any atom is -0.493 e. The molecule has 0 bridgehead atoms. The van der Waals surface area contributed by atoms with E-state index < -0.39 is 0 Å². The molecule has 1 saturated heterocycles. The van der Waals surface area contributed by atoms with E-state index in [9.17, 15) is 4.79 Å². The first kappa shape index (κ1) is 20.6. The average Bonchev–Trinajstić information content (AvgIpc) is 2.96. The lowest BCUT2D eigenvalue weighted by molar-refractivity contribution is -0.121. The van der Waals surface area contributed by atoms with Crippen molar-refractivity contribution in [2.45, 2.75) is 6.61 Å². The summed E-state index contributed by atoms with van der Waals surface area (Å²) in [5.41, 5.74) is 1.90. The van der Waals surface area contributed by atoms with Crippen molar-refractivity contribution in [1.29, 1.82) is 0 Å². The fourth-order valence-electron chi connectivity index (χ4n) is 2.57. The van der Waals surface area contributed by atoms with E-state index in [1.54, 1.807) is 13.2 Å². The second-order valence-corrected chi connectivity index (χ2v) is 8.50. The minimum absolute atomic E-state index is 0.107. The standard InChI is InChI=1S/C21H18BrNO3S2/c1-3-10-23-20(24)19(28-21(23)27)12-15-6-9-17(18(11-15)25-2)26-13-14-4-7-16(22)8-5-14/h3-9,11-12H,1,10,13H2,2H3/b19-12+. The smallest absolute Gasteiger partial charge is 0.266 e. The van der Waals surface area contributed by atoms with Gasteiger partial charge >= 0.3 is 0 Å². The topological polar surface area (TPSA) is 38.8 Å². The number of carbonyl (C=O) groups excluding carboxylic acids is 1. The molecule has 1 fully saturated rings. The number of benzene rings is 2. The van der Waals surface area contributed by atoms with Gasteiger partial charge in [-0.15, -0.1) is 6.58 Å². The highest BCUT2D eigenvalue weighted by atomic mass is 79.9. The number of hydrogen-bond donors (Lipinski definition) is 0. The average molecular weight is 476 g/mol. The quantitative estimate of drug-likeness (QED) is 0.303. The Morgan fingerprint density at radius 2 is 1.96 bits per heavy atom. The van der Waals surface area contributed by atoms with Crippen molar-refractivity contribution < 1.29 is 14.3 Å². The van der Waals surface area contributed by atoms with Crippen LogP contribution in [0.25, 0.3) is 6.08 Å². The Labute approximate surface area is 182 Å². The number of thioether (sulfide) groups is 1. The maximum absolute atomic E-state index is 12.5. The molecule has 28 heavy (non-hydrogen) atoms. The molecule has 3 rings (SSSR count). The van der Waals surface area contributed by atoms with Crippen molar-refractivity contribution in [3.8, 4) is 11.5 Å². The first-order valence-electron chi connectivity index (χ1n) is 8.43. The normalized spacial score (nSPS) is 15.2. The highest BCUT2D eigenvalue weighted by Crippen LogP contribution is 2.35. The summed E-state index contributed by atoms with van der Waals surface area (Å²) in [6, 6.07) is 13.5. The molecule has 7 heteroatoms. The fourth-order valence-corrected chi connectivity index (χ4v) is 4.11. The molecule has 0 atom stereocenters. The molecule has 144 valence electrons. The van der Waals surface area contributed by atoms with E-state index in [0.29, 0.717) is 33.9 Å². The molecule has 0 unspecified atom stereocenters. The molecule has 1 amide bonds. The molecule has 0 radical (unpaired) electrons. The third-order valence-electron chi connectivity index (χ3n) is 3.98. The number of rotatable bonds is 7. The molecule has 1 heterocycles. The van der Waals surface area contributed by atoms with Crippen LogP contribution < -0.4 is 9.47 Å². The summed E-state index contributed by atoms with van der Waals surface area (Å²) < 4.78 is 12.9. The number of methoxy groups -OCH3 is 1. The van der Waals surface area contributed by atoms with Gasteiger partial charge in [0.15, 0.2) is 11.5 Å². The van der Waals surface area contributed by atoms with Gasteiger partial charge in [-0.3, -0.25) is 9.69 Å². The van der Waals surface area contributed by atoms with Crippen LogP contribution in [-0.2, 0) is 11.4 Å². The van der Waals surface area contributed by atoms with Gasteiger partial charge in [-0.2, -0.15) is 0 Å². The van der Waals surface area contributed by atoms with Crippen molar-refractivity contribution in [3.05, 3.63) is 75.6 Å². The summed E-state index contributed by atoms with van der Waals surface area (Å²) in [5.74, 6) is 1.14. The van der Waals surface area contributed by atoms with Crippen LogP contribution in [0.15, 0.2) is 64.5 Å². The Kier molecular flexibility index (Phi) is 6.93. The van der Waals surface area contributed by atoms with Crippen LogP contribution in [0.4, 0.5) is 0 Å². The van der Waals surface area contributed by atoms with E-state index in [1.807, 2.05) is 48.5 Å². The van der Waals surface area contributed by atoms with Crippen LogP contribution in [0, 0.1) is 0 Å². The van der Waals surface area contributed by atoms with Crippen molar-refractivity contribution in [2.75, 3.05) is 13.7 Å². The molecular formula is C21H18BrNO3S2. The van der Waals surface area contributed by atoms with Crippen molar-refractivity contribution in [2.24, 2.45) is 0 Å². The van der Waals surface area contributed by atoms with Gasteiger partial charge in [-0.25, -0.2) is 0 Å². The lowest BCUT2D eigenvalue weighted by Crippen LogP contribution is -2.27. The van der Waals surface area contributed by atoms with Crippen LogP contribution >= 0.6 is 39.9 Å². The summed E-state index contributed by atoms with van der Waals surface area (Å²) in [6.07, 6.45) is 3.47. The maximum Gasteiger partial charge on any atom is 0.266 e. The van der Waals surface area contributed by atoms with Gasteiger partial charge < -0.3 is 9.47 Å². The van der Waals surface area contributed by atoms with E-state index >= 15 is 0 Å². The molecule has 4 nitrogen and oxygen atoms in total. The number of ether oxygens (including phenoxy) is 2. The SMILES string of the molecule is C=CCN1C(=O)/C(=C\c2ccc(OCc3ccc(Br)cc3)c(OC)c2)SC1=S.